The molecule has 22 heavy (non-hydrogen) atoms. The predicted octanol–water partition coefficient (Wildman–Crippen LogP) is 6.83. The summed E-state index contributed by atoms with van der Waals surface area (Å²) in [5, 5.41) is 3.00. The maximum Gasteiger partial charge on any atom is 0.139 e. The fourth-order valence-corrected chi connectivity index (χ4v) is 3.01. The van der Waals surface area contributed by atoms with Crippen molar-refractivity contribution in [3.63, 3.8) is 0 Å². The quantitative estimate of drug-likeness (QED) is 0.443. The van der Waals surface area contributed by atoms with Crippen molar-refractivity contribution in [1.29, 1.82) is 0 Å². The smallest absolute Gasteiger partial charge is 0.139 e. The van der Waals surface area contributed by atoms with E-state index in [1.165, 1.54) is 11.1 Å². The van der Waals surface area contributed by atoms with Crippen LogP contribution in [0.4, 0.5) is 0 Å². The summed E-state index contributed by atoms with van der Waals surface area (Å²) in [5.41, 5.74) is 4.58. The first-order valence-corrected chi connectivity index (χ1v) is 8.12. The highest BCUT2D eigenvalue weighted by Crippen LogP contribution is 2.40. The molecule has 0 amide bonds. The van der Waals surface area contributed by atoms with E-state index in [0.717, 1.165) is 27.0 Å². The molecule has 1 heterocycles. The van der Waals surface area contributed by atoms with Gasteiger partial charge < -0.3 is 4.42 Å². The van der Waals surface area contributed by atoms with Gasteiger partial charge in [0.05, 0.1) is 0 Å². The molecule has 0 bridgehead atoms. The molecule has 1 nitrogen and oxygen atoms in total. The lowest BCUT2D eigenvalue weighted by Crippen LogP contribution is -2.16. The second kappa shape index (κ2) is 4.76. The van der Waals surface area contributed by atoms with Gasteiger partial charge in [-0.3, -0.25) is 0 Å². The normalized spacial score (nSPS) is 13.2. The minimum Gasteiger partial charge on any atom is -0.456 e. The van der Waals surface area contributed by atoms with Crippen molar-refractivity contribution in [1.82, 2.24) is 0 Å². The van der Waals surface area contributed by atoms with Crippen LogP contribution in [0.25, 0.3) is 21.9 Å². The Bertz CT molecular complexity index is 857. The van der Waals surface area contributed by atoms with Crippen molar-refractivity contribution >= 4 is 33.5 Å². The Morgan fingerprint density at radius 3 is 2.09 bits per heavy atom. The molecule has 0 fully saturated rings. The van der Waals surface area contributed by atoms with Gasteiger partial charge in [-0.2, -0.15) is 0 Å². The zero-order chi connectivity index (χ0) is 16.3. The van der Waals surface area contributed by atoms with E-state index in [0.29, 0.717) is 0 Å². The van der Waals surface area contributed by atoms with Crippen LogP contribution < -0.4 is 0 Å². The second-order valence-corrected chi connectivity index (χ2v) is 8.58. The largest absolute Gasteiger partial charge is 0.456 e. The monoisotopic (exact) mass is 314 g/mol. The summed E-state index contributed by atoms with van der Waals surface area (Å²) in [6, 6.07) is 10.4. The second-order valence-electron chi connectivity index (χ2n) is 8.14. The lowest BCUT2D eigenvalue weighted by atomic mass is 9.79. The first kappa shape index (κ1) is 15.4. The standard InChI is InChI=1S/C20H23ClO/c1-19(2,3)12-9-15-14-11-13(21)7-8-17(14)22-18(15)16(10-12)20(4,5)6/h7-11H,1-6H3. The van der Waals surface area contributed by atoms with Gasteiger partial charge in [0.1, 0.15) is 11.2 Å². The fourth-order valence-electron chi connectivity index (χ4n) is 2.84. The molecule has 0 unspecified atom stereocenters. The number of hydrogen-bond acceptors (Lipinski definition) is 1. The van der Waals surface area contributed by atoms with Crippen LogP contribution in [0.2, 0.25) is 5.02 Å². The molecule has 1 aromatic heterocycles. The number of halogens is 1. The van der Waals surface area contributed by atoms with Gasteiger partial charge in [-0.1, -0.05) is 59.2 Å². The average molecular weight is 315 g/mol. The summed E-state index contributed by atoms with van der Waals surface area (Å²) in [7, 11) is 0. The molecule has 0 aliphatic carbocycles. The maximum atomic E-state index is 6.19. The van der Waals surface area contributed by atoms with Crippen molar-refractivity contribution in [3.05, 3.63) is 46.5 Å². The Morgan fingerprint density at radius 1 is 0.818 bits per heavy atom. The fraction of sp³-hybridized carbons (Fsp3) is 0.400. The first-order chi connectivity index (χ1) is 10.1. The zero-order valence-corrected chi connectivity index (χ0v) is 14.9. The van der Waals surface area contributed by atoms with Gasteiger partial charge in [0, 0.05) is 21.4 Å². The Balaban J connectivity index is 2.49. The van der Waals surface area contributed by atoms with Gasteiger partial charge in [-0.15, -0.1) is 0 Å². The zero-order valence-electron chi connectivity index (χ0n) is 14.2. The Morgan fingerprint density at radius 2 is 1.50 bits per heavy atom. The van der Waals surface area contributed by atoms with E-state index in [4.69, 9.17) is 16.0 Å². The highest BCUT2D eigenvalue weighted by molar-refractivity contribution is 6.31. The molecule has 0 atom stereocenters. The predicted molar refractivity (Wildman–Crippen MR) is 96.1 cm³/mol. The van der Waals surface area contributed by atoms with Gasteiger partial charge >= 0.3 is 0 Å². The lowest BCUT2D eigenvalue weighted by Gasteiger charge is -2.25. The third-order valence-electron chi connectivity index (χ3n) is 4.21. The maximum absolute atomic E-state index is 6.19. The van der Waals surface area contributed by atoms with Crippen LogP contribution in [-0.4, -0.2) is 0 Å². The van der Waals surface area contributed by atoms with Gasteiger partial charge in [-0.05, 0) is 40.7 Å². The summed E-state index contributed by atoms with van der Waals surface area (Å²) < 4.78 is 6.17. The van der Waals surface area contributed by atoms with E-state index >= 15 is 0 Å². The summed E-state index contributed by atoms with van der Waals surface area (Å²) in [6.07, 6.45) is 0. The van der Waals surface area contributed by atoms with Crippen molar-refractivity contribution in [2.75, 3.05) is 0 Å². The van der Waals surface area contributed by atoms with Gasteiger partial charge in [0.2, 0.25) is 0 Å². The Hall–Kier alpha value is -1.47. The molecule has 0 aliphatic rings. The van der Waals surface area contributed by atoms with Crippen LogP contribution in [0, 0.1) is 0 Å². The van der Waals surface area contributed by atoms with Crippen molar-refractivity contribution in [2.24, 2.45) is 0 Å². The minimum absolute atomic E-state index is 0.0250. The van der Waals surface area contributed by atoms with Crippen molar-refractivity contribution in [2.45, 2.75) is 52.4 Å². The minimum atomic E-state index is 0.0250. The van der Waals surface area contributed by atoms with Gasteiger partial charge in [-0.25, -0.2) is 0 Å². The summed E-state index contributed by atoms with van der Waals surface area (Å²) in [4.78, 5) is 0. The Kier molecular flexibility index (Phi) is 3.34. The average Bonchev–Trinajstić information content (AvgIpc) is 2.73. The van der Waals surface area contributed by atoms with Crippen LogP contribution in [0.15, 0.2) is 34.7 Å². The molecule has 0 saturated heterocycles. The molecular formula is C20H23ClO. The molecule has 0 aliphatic heterocycles. The third-order valence-corrected chi connectivity index (χ3v) is 4.44. The number of benzene rings is 2. The Labute approximate surface area is 137 Å². The van der Waals surface area contributed by atoms with Gasteiger partial charge in [0.25, 0.3) is 0 Å². The van der Waals surface area contributed by atoms with E-state index < -0.39 is 0 Å². The van der Waals surface area contributed by atoms with Crippen molar-refractivity contribution < 1.29 is 4.42 Å². The van der Waals surface area contributed by atoms with Gasteiger partial charge in [0.15, 0.2) is 0 Å². The molecule has 0 saturated carbocycles. The topological polar surface area (TPSA) is 13.1 Å². The van der Waals surface area contributed by atoms with E-state index in [1.807, 2.05) is 18.2 Å². The van der Waals surface area contributed by atoms with E-state index in [9.17, 15) is 0 Å². The number of rotatable bonds is 0. The van der Waals surface area contributed by atoms with Crippen molar-refractivity contribution in [3.8, 4) is 0 Å². The lowest BCUT2D eigenvalue weighted by molar-refractivity contribution is 0.559. The molecular weight excluding hydrogens is 292 g/mol. The molecule has 2 aromatic carbocycles. The highest BCUT2D eigenvalue weighted by atomic mass is 35.5. The highest BCUT2D eigenvalue weighted by Gasteiger charge is 2.25. The molecule has 0 N–H and O–H groups in total. The molecule has 116 valence electrons. The summed E-state index contributed by atoms with van der Waals surface area (Å²) >= 11 is 6.19. The third kappa shape index (κ3) is 2.52. The number of fused-ring (bicyclic) bond motifs is 3. The summed E-state index contributed by atoms with van der Waals surface area (Å²) in [5.74, 6) is 0. The van der Waals surface area contributed by atoms with E-state index in [2.05, 4.69) is 53.7 Å². The summed E-state index contributed by atoms with van der Waals surface area (Å²) in [6.45, 7) is 13.4. The van der Waals surface area contributed by atoms with Crippen LogP contribution in [0.1, 0.15) is 52.7 Å². The first-order valence-electron chi connectivity index (χ1n) is 7.74. The van der Waals surface area contributed by atoms with E-state index in [1.54, 1.807) is 0 Å². The number of hydrogen-bond donors (Lipinski definition) is 0. The molecule has 3 rings (SSSR count). The van der Waals surface area contributed by atoms with Crippen LogP contribution in [-0.2, 0) is 10.8 Å². The van der Waals surface area contributed by atoms with Crippen LogP contribution in [0.5, 0.6) is 0 Å². The molecule has 0 spiro atoms. The van der Waals surface area contributed by atoms with E-state index in [-0.39, 0.29) is 10.8 Å². The van der Waals surface area contributed by atoms with Crippen LogP contribution >= 0.6 is 11.6 Å². The SMILES string of the molecule is CC(C)(C)c1cc(C(C)(C)C)c2oc3ccc(Cl)cc3c2c1. The molecule has 2 heteroatoms. The molecule has 0 radical (unpaired) electrons. The number of furan rings is 1. The van der Waals surface area contributed by atoms with Crippen LogP contribution in [0.3, 0.4) is 0 Å². The molecule has 3 aromatic rings.